The first-order valence-electron chi connectivity index (χ1n) is 7.76. The largest absolute Gasteiger partial charge is 0.334 e. The number of amides is 1. The van der Waals surface area contributed by atoms with Gasteiger partial charge in [-0.1, -0.05) is 6.07 Å². The smallest absolute Gasteiger partial charge is 0.254 e. The lowest BCUT2D eigenvalue weighted by molar-refractivity contribution is 0.0754. The van der Waals surface area contributed by atoms with E-state index in [4.69, 9.17) is 5.26 Å². The molecule has 0 radical (unpaired) electrons. The number of carbonyl (C=O) groups is 1. The molecule has 8 heteroatoms. The fraction of sp³-hybridized carbons (Fsp3) is 0.294. The third-order valence-electron chi connectivity index (χ3n) is 3.54. The predicted molar refractivity (Wildman–Crippen MR) is 96.6 cm³/mol. The third-order valence-corrected chi connectivity index (χ3v) is 5.87. The third kappa shape index (κ3) is 5.13. The van der Waals surface area contributed by atoms with Gasteiger partial charge in [0.1, 0.15) is 0 Å². The van der Waals surface area contributed by atoms with Crippen molar-refractivity contribution >= 4 is 27.3 Å². The lowest BCUT2D eigenvalue weighted by Crippen LogP contribution is -2.30. The van der Waals surface area contributed by atoms with E-state index in [1.165, 1.54) is 24.3 Å². The molecule has 0 saturated carbocycles. The normalized spacial score (nSPS) is 11.0. The average molecular weight is 377 g/mol. The number of carbonyl (C=O) groups excluding carboxylic acids is 1. The van der Waals surface area contributed by atoms with Crippen molar-refractivity contribution in [2.24, 2.45) is 0 Å². The number of nitrogens with one attached hydrogen (secondary N) is 1. The van der Waals surface area contributed by atoms with E-state index in [2.05, 4.69) is 4.72 Å². The molecule has 1 amide bonds. The monoisotopic (exact) mass is 377 g/mol. The van der Waals surface area contributed by atoms with Gasteiger partial charge >= 0.3 is 0 Å². The van der Waals surface area contributed by atoms with Gasteiger partial charge < -0.3 is 4.90 Å². The molecule has 1 aromatic heterocycles. The van der Waals surface area contributed by atoms with Gasteiger partial charge in [-0.15, -0.1) is 11.3 Å². The highest BCUT2D eigenvalue weighted by Crippen LogP contribution is 2.16. The zero-order valence-corrected chi connectivity index (χ0v) is 15.4. The Balaban J connectivity index is 2.10. The number of benzene rings is 1. The maximum Gasteiger partial charge on any atom is 0.254 e. The van der Waals surface area contributed by atoms with E-state index >= 15 is 0 Å². The Morgan fingerprint density at radius 1 is 1.28 bits per heavy atom. The molecule has 0 unspecified atom stereocenters. The fourth-order valence-electron chi connectivity index (χ4n) is 2.20. The second-order valence-corrected chi connectivity index (χ2v) is 8.03. The van der Waals surface area contributed by atoms with Crippen LogP contribution in [-0.4, -0.2) is 32.3 Å². The Bertz CT molecular complexity index is 838. The van der Waals surface area contributed by atoms with Crippen LogP contribution in [0.4, 0.5) is 0 Å². The van der Waals surface area contributed by atoms with Crippen LogP contribution in [0.25, 0.3) is 0 Å². The van der Waals surface area contributed by atoms with Crippen molar-refractivity contribution in [1.82, 2.24) is 9.62 Å². The van der Waals surface area contributed by atoms with E-state index in [0.717, 1.165) is 4.88 Å². The first kappa shape index (κ1) is 19.1. The molecule has 0 spiro atoms. The van der Waals surface area contributed by atoms with Gasteiger partial charge in [0.2, 0.25) is 10.0 Å². The summed E-state index contributed by atoms with van der Waals surface area (Å²) in [5.74, 6) is -0.141. The molecule has 1 aromatic carbocycles. The highest BCUT2D eigenvalue weighted by molar-refractivity contribution is 7.89. The predicted octanol–water partition coefficient (Wildman–Crippen LogP) is 2.60. The minimum absolute atomic E-state index is 0.0595. The summed E-state index contributed by atoms with van der Waals surface area (Å²) in [6.45, 7) is 3.06. The maximum absolute atomic E-state index is 12.6. The van der Waals surface area contributed by atoms with Crippen molar-refractivity contribution in [3.63, 3.8) is 0 Å². The molecule has 1 N–H and O–H groups in total. The second-order valence-electron chi connectivity index (χ2n) is 5.23. The van der Waals surface area contributed by atoms with E-state index in [-0.39, 0.29) is 23.8 Å². The maximum atomic E-state index is 12.6. The van der Waals surface area contributed by atoms with E-state index in [1.807, 2.05) is 30.5 Å². The Morgan fingerprint density at radius 3 is 2.56 bits per heavy atom. The van der Waals surface area contributed by atoms with Gasteiger partial charge in [-0.25, -0.2) is 13.1 Å². The summed E-state index contributed by atoms with van der Waals surface area (Å²) in [5, 5.41) is 10.4. The summed E-state index contributed by atoms with van der Waals surface area (Å²) in [4.78, 5) is 15.5. The van der Waals surface area contributed by atoms with Crippen molar-refractivity contribution in [3.8, 4) is 6.07 Å². The number of nitriles is 1. The molecule has 25 heavy (non-hydrogen) atoms. The molecule has 0 aliphatic rings. The number of hydrogen-bond acceptors (Lipinski definition) is 5. The fourth-order valence-corrected chi connectivity index (χ4v) is 3.95. The summed E-state index contributed by atoms with van der Waals surface area (Å²) in [7, 11) is -3.67. The summed E-state index contributed by atoms with van der Waals surface area (Å²) in [5.41, 5.74) is 0.439. The number of nitrogens with zero attached hydrogens (tertiary/aromatic N) is 2. The van der Waals surface area contributed by atoms with Gasteiger partial charge in [0.15, 0.2) is 0 Å². The molecule has 2 aromatic rings. The topological polar surface area (TPSA) is 90.3 Å². The van der Waals surface area contributed by atoms with Gasteiger partial charge in [-0.05, 0) is 42.6 Å². The van der Waals surface area contributed by atoms with Gasteiger partial charge in [0, 0.05) is 30.0 Å². The highest BCUT2D eigenvalue weighted by atomic mass is 32.2. The van der Waals surface area contributed by atoms with Gasteiger partial charge in [-0.2, -0.15) is 5.26 Å². The van der Waals surface area contributed by atoms with Gasteiger partial charge in [0.25, 0.3) is 5.91 Å². The van der Waals surface area contributed by atoms with Crippen molar-refractivity contribution in [3.05, 3.63) is 52.2 Å². The lowest BCUT2D eigenvalue weighted by atomic mass is 10.2. The van der Waals surface area contributed by atoms with E-state index < -0.39 is 10.0 Å². The molecule has 2 rings (SSSR count). The molecule has 0 fully saturated rings. The summed E-state index contributed by atoms with van der Waals surface area (Å²) >= 11 is 1.59. The number of hydrogen-bond donors (Lipinski definition) is 1. The minimum Gasteiger partial charge on any atom is -0.334 e. The van der Waals surface area contributed by atoms with Gasteiger partial charge in [-0.3, -0.25) is 4.79 Å². The van der Waals surface area contributed by atoms with Crippen LogP contribution in [0.15, 0.2) is 46.7 Å². The van der Waals surface area contributed by atoms with Crippen LogP contribution in [0.1, 0.15) is 28.6 Å². The lowest BCUT2D eigenvalue weighted by Gasteiger charge is -2.20. The minimum atomic E-state index is -3.67. The van der Waals surface area contributed by atoms with Crippen LogP contribution >= 0.6 is 11.3 Å². The van der Waals surface area contributed by atoms with Crippen molar-refractivity contribution in [2.75, 3.05) is 13.1 Å². The van der Waals surface area contributed by atoms with Crippen LogP contribution in [0.3, 0.4) is 0 Å². The first-order valence-corrected chi connectivity index (χ1v) is 10.1. The quantitative estimate of drug-likeness (QED) is 0.716. The summed E-state index contributed by atoms with van der Waals surface area (Å²) in [6, 6.07) is 11.6. The Kier molecular flexibility index (Phi) is 6.70. The second kappa shape index (κ2) is 8.76. The van der Waals surface area contributed by atoms with Gasteiger partial charge in [0.05, 0.1) is 17.5 Å². The molecule has 0 atom stereocenters. The molecular formula is C17H19N3O3S2. The number of rotatable bonds is 8. The van der Waals surface area contributed by atoms with Crippen LogP contribution in [0, 0.1) is 11.3 Å². The number of thiophene rings is 1. The highest BCUT2D eigenvalue weighted by Gasteiger charge is 2.17. The van der Waals surface area contributed by atoms with Crippen molar-refractivity contribution in [2.45, 2.75) is 24.8 Å². The van der Waals surface area contributed by atoms with Crippen LogP contribution in [0.5, 0.6) is 0 Å². The van der Waals surface area contributed by atoms with Crippen LogP contribution in [-0.2, 0) is 16.6 Å². The van der Waals surface area contributed by atoms with Crippen molar-refractivity contribution in [1.29, 1.82) is 5.26 Å². The van der Waals surface area contributed by atoms with Crippen LogP contribution in [0.2, 0.25) is 0 Å². The molecule has 1 heterocycles. The molecule has 132 valence electrons. The Labute approximate surface area is 151 Å². The molecule has 0 bridgehead atoms. The van der Waals surface area contributed by atoms with E-state index in [0.29, 0.717) is 18.7 Å². The molecule has 0 saturated heterocycles. The zero-order chi connectivity index (χ0) is 18.3. The zero-order valence-electron chi connectivity index (χ0n) is 13.8. The molecule has 0 aliphatic heterocycles. The standard InChI is InChI=1S/C17H19N3O3S2/c1-2-20(13-15-5-3-12-24-15)17(21)14-6-8-16(9-7-14)25(22,23)19-11-4-10-18/h3,5-9,12,19H,2,4,11,13H2,1H3. The first-order chi connectivity index (χ1) is 12.0. The summed E-state index contributed by atoms with van der Waals surface area (Å²) in [6.07, 6.45) is 0.101. The molecular weight excluding hydrogens is 358 g/mol. The molecule has 6 nitrogen and oxygen atoms in total. The Morgan fingerprint density at radius 2 is 2.00 bits per heavy atom. The Hall–Kier alpha value is -2.21. The van der Waals surface area contributed by atoms with Crippen LogP contribution < -0.4 is 4.72 Å². The SMILES string of the molecule is CCN(Cc1cccs1)C(=O)c1ccc(S(=O)(=O)NCCC#N)cc1. The van der Waals surface area contributed by atoms with Crippen molar-refractivity contribution < 1.29 is 13.2 Å². The number of sulfonamides is 1. The summed E-state index contributed by atoms with van der Waals surface area (Å²) < 4.78 is 26.5. The average Bonchev–Trinajstić information content (AvgIpc) is 3.12. The molecule has 0 aliphatic carbocycles. The van der Waals surface area contributed by atoms with E-state index in [9.17, 15) is 13.2 Å². The van der Waals surface area contributed by atoms with E-state index in [1.54, 1.807) is 16.2 Å².